The number of methoxy groups -OCH3 is 1. The van der Waals surface area contributed by atoms with E-state index in [1.54, 1.807) is 24.3 Å². The molecule has 2 aromatic rings. The number of carbonyl (C=O) groups excluding carboxylic acids is 1. The fraction of sp³-hybridized carbons (Fsp3) is 0.200. The van der Waals surface area contributed by atoms with Crippen molar-refractivity contribution in [3.8, 4) is 0 Å². The maximum Gasteiger partial charge on any atom is 0.339 e. The van der Waals surface area contributed by atoms with Crippen LogP contribution in [-0.4, -0.2) is 26.5 Å². The van der Waals surface area contributed by atoms with Gasteiger partial charge >= 0.3 is 5.97 Å². The van der Waals surface area contributed by atoms with E-state index in [1.807, 2.05) is 6.92 Å². The molecule has 1 aromatic carbocycles. The molecule has 0 saturated carbocycles. The number of nitrogens with zero attached hydrogens (tertiary/aromatic N) is 1. The number of benzene rings is 1. The Balaban J connectivity index is 2.19. The monoisotopic (exact) mass is 320 g/mol. The summed E-state index contributed by atoms with van der Waals surface area (Å²) in [6.45, 7) is 1.99. The van der Waals surface area contributed by atoms with Crippen LogP contribution in [0.15, 0.2) is 47.5 Å². The van der Waals surface area contributed by atoms with E-state index >= 15 is 0 Å². The fourth-order valence-electron chi connectivity index (χ4n) is 1.79. The van der Waals surface area contributed by atoms with E-state index in [0.717, 1.165) is 12.0 Å². The molecule has 0 aliphatic carbocycles. The number of hydrogen-bond acceptors (Lipinski definition) is 5. The maximum absolute atomic E-state index is 12.2. The number of nitrogens with one attached hydrogen (secondary N) is 1. The van der Waals surface area contributed by atoms with Gasteiger partial charge in [0.25, 0.3) is 10.0 Å². The van der Waals surface area contributed by atoms with Crippen molar-refractivity contribution < 1.29 is 17.9 Å². The first-order chi connectivity index (χ1) is 10.5. The number of rotatable bonds is 5. The first kappa shape index (κ1) is 16.0. The van der Waals surface area contributed by atoms with Crippen LogP contribution in [0.1, 0.15) is 22.8 Å². The summed E-state index contributed by atoms with van der Waals surface area (Å²) in [6.07, 6.45) is 2.09. The minimum Gasteiger partial charge on any atom is -0.465 e. The number of anilines is 1. The van der Waals surface area contributed by atoms with Gasteiger partial charge in [-0.3, -0.25) is 4.72 Å². The van der Waals surface area contributed by atoms with Crippen LogP contribution in [0.3, 0.4) is 0 Å². The Morgan fingerprint density at radius 2 is 1.86 bits per heavy atom. The molecular formula is C15H16N2O4S. The highest BCUT2D eigenvalue weighted by atomic mass is 32.2. The minimum absolute atomic E-state index is 0.132. The maximum atomic E-state index is 12.2. The van der Waals surface area contributed by atoms with Crippen molar-refractivity contribution >= 4 is 21.8 Å². The third kappa shape index (κ3) is 3.62. The lowest BCUT2D eigenvalue weighted by molar-refractivity contribution is 0.0600. The van der Waals surface area contributed by atoms with Gasteiger partial charge in [-0.1, -0.05) is 19.1 Å². The van der Waals surface area contributed by atoms with Crippen molar-refractivity contribution in [3.05, 3.63) is 53.7 Å². The van der Waals surface area contributed by atoms with Crippen molar-refractivity contribution in [2.24, 2.45) is 0 Å². The van der Waals surface area contributed by atoms with Crippen molar-refractivity contribution in [2.75, 3.05) is 11.8 Å². The molecule has 0 aliphatic rings. The predicted octanol–water partition coefficient (Wildman–Crippen LogP) is 2.23. The van der Waals surface area contributed by atoms with E-state index in [1.165, 1.54) is 25.4 Å². The first-order valence-corrected chi connectivity index (χ1v) is 8.10. The molecule has 22 heavy (non-hydrogen) atoms. The predicted molar refractivity (Wildman–Crippen MR) is 82.2 cm³/mol. The summed E-state index contributed by atoms with van der Waals surface area (Å²) >= 11 is 0. The normalized spacial score (nSPS) is 11.0. The van der Waals surface area contributed by atoms with E-state index in [9.17, 15) is 13.2 Å². The highest BCUT2D eigenvalue weighted by molar-refractivity contribution is 7.92. The number of esters is 1. The second kappa shape index (κ2) is 6.57. The summed E-state index contributed by atoms with van der Waals surface area (Å²) in [5, 5.41) is 0. The minimum atomic E-state index is -3.71. The molecule has 6 nitrogen and oxygen atoms in total. The number of pyridine rings is 1. The Bertz CT molecular complexity index is 753. The summed E-state index contributed by atoms with van der Waals surface area (Å²) in [5.74, 6) is -0.399. The lowest BCUT2D eigenvalue weighted by Gasteiger charge is -2.08. The van der Waals surface area contributed by atoms with E-state index in [0.29, 0.717) is 0 Å². The third-order valence-corrected chi connectivity index (χ3v) is 4.44. The molecule has 0 amide bonds. The van der Waals surface area contributed by atoms with E-state index in [4.69, 9.17) is 0 Å². The van der Waals surface area contributed by atoms with E-state index < -0.39 is 16.0 Å². The van der Waals surface area contributed by atoms with Crippen molar-refractivity contribution in [1.82, 2.24) is 4.98 Å². The zero-order valence-corrected chi connectivity index (χ0v) is 13.1. The van der Waals surface area contributed by atoms with Gasteiger partial charge in [0, 0.05) is 6.20 Å². The summed E-state index contributed by atoms with van der Waals surface area (Å²) in [7, 11) is -2.44. The molecule has 0 fully saturated rings. The van der Waals surface area contributed by atoms with Crippen LogP contribution in [0.4, 0.5) is 5.82 Å². The van der Waals surface area contributed by atoms with E-state index in [2.05, 4.69) is 14.4 Å². The Morgan fingerprint density at radius 1 is 1.18 bits per heavy atom. The van der Waals surface area contributed by atoms with Gasteiger partial charge in [0.1, 0.15) is 5.82 Å². The van der Waals surface area contributed by atoms with Crippen molar-refractivity contribution in [2.45, 2.75) is 18.2 Å². The summed E-state index contributed by atoms with van der Waals surface area (Å²) in [5.41, 5.74) is 1.30. The Kier molecular flexibility index (Phi) is 4.77. The molecule has 0 spiro atoms. The average molecular weight is 320 g/mol. The SMILES string of the molecule is CCc1ccc(S(=O)(=O)Nc2ccc(C(=O)OC)cn2)cc1. The Labute approximate surface area is 129 Å². The molecule has 0 aliphatic heterocycles. The molecule has 1 aromatic heterocycles. The lowest BCUT2D eigenvalue weighted by atomic mass is 10.2. The van der Waals surface area contributed by atoms with Gasteiger partial charge in [0.2, 0.25) is 0 Å². The molecule has 1 N–H and O–H groups in total. The number of hydrogen-bond donors (Lipinski definition) is 1. The second-order valence-corrected chi connectivity index (χ2v) is 6.21. The summed E-state index contributed by atoms with van der Waals surface area (Å²) < 4.78 is 31.4. The largest absolute Gasteiger partial charge is 0.465 e. The Hall–Kier alpha value is -2.41. The third-order valence-electron chi connectivity index (χ3n) is 3.07. The lowest BCUT2D eigenvalue weighted by Crippen LogP contribution is -2.14. The number of carbonyl (C=O) groups is 1. The van der Waals surface area contributed by atoms with Gasteiger partial charge in [-0.15, -0.1) is 0 Å². The molecule has 7 heteroatoms. The number of aromatic nitrogens is 1. The van der Waals surface area contributed by atoms with Crippen LogP contribution in [-0.2, 0) is 21.2 Å². The zero-order valence-electron chi connectivity index (χ0n) is 12.2. The summed E-state index contributed by atoms with van der Waals surface area (Å²) in [4.78, 5) is 15.3. The molecular weight excluding hydrogens is 304 g/mol. The van der Waals surface area contributed by atoms with Gasteiger partial charge in [-0.25, -0.2) is 18.2 Å². The van der Waals surface area contributed by atoms with Crippen LogP contribution in [0.5, 0.6) is 0 Å². The first-order valence-electron chi connectivity index (χ1n) is 6.62. The fourth-order valence-corrected chi connectivity index (χ4v) is 2.80. The zero-order chi connectivity index (χ0) is 16.2. The van der Waals surface area contributed by atoms with Gasteiger partial charge in [0.15, 0.2) is 0 Å². The quantitative estimate of drug-likeness (QED) is 0.854. The molecule has 0 unspecified atom stereocenters. The average Bonchev–Trinajstić information content (AvgIpc) is 2.54. The van der Waals surface area contributed by atoms with Gasteiger partial charge in [-0.05, 0) is 36.2 Å². The van der Waals surface area contributed by atoms with Crippen LogP contribution >= 0.6 is 0 Å². The standard InChI is InChI=1S/C15H16N2O4S/c1-3-11-4-7-13(8-5-11)22(19,20)17-14-9-6-12(10-16-14)15(18)21-2/h4-10H,3H2,1-2H3,(H,16,17). The Morgan fingerprint density at radius 3 is 2.36 bits per heavy atom. The van der Waals surface area contributed by atoms with Crippen LogP contribution in [0, 0.1) is 0 Å². The van der Waals surface area contributed by atoms with Crippen LogP contribution in [0.25, 0.3) is 0 Å². The number of sulfonamides is 1. The number of ether oxygens (including phenoxy) is 1. The van der Waals surface area contributed by atoms with Crippen molar-refractivity contribution in [1.29, 1.82) is 0 Å². The van der Waals surface area contributed by atoms with E-state index in [-0.39, 0.29) is 16.3 Å². The molecule has 1 heterocycles. The van der Waals surface area contributed by atoms with Crippen LogP contribution in [0.2, 0.25) is 0 Å². The van der Waals surface area contributed by atoms with Gasteiger partial charge < -0.3 is 4.74 Å². The van der Waals surface area contributed by atoms with Crippen LogP contribution < -0.4 is 4.72 Å². The molecule has 116 valence electrons. The highest BCUT2D eigenvalue weighted by Crippen LogP contribution is 2.16. The molecule has 0 radical (unpaired) electrons. The molecule has 2 rings (SSSR count). The van der Waals surface area contributed by atoms with Gasteiger partial charge in [-0.2, -0.15) is 0 Å². The topological polar surface area (TPSA) is 85.4 Å². The number of aryl methyl sites for hydroxylation is 1. The van der Waals surface area contributed by atoms with Gasteiger partial charge in [0.05, 0.1) is 17.6 Å². The highest BCUT2D eigenvalue weighted by Gasteiger charge is 2.15. The molecule has 0 saturated heterocycles. The molecule has 0 atom stereocenters. The summed E-state index contributed by atoms with van der Waals surface area (Å²) in [6, 6.07) is 9.47. The smallest absolute Gasteiger partial charge is 0.339 e. The second-order valence-electron chi connectivity index (χ2n) is 4.53. The van der Waals surface area contributed by atoms with Crippen molar-refractivity contribution in [3.63, 3.8) is 0 Å². The molecule has 0 bridgehead atoms.